The molecule has 0 spiro atoms. The summed E-state index contributed by atoms with van der Waals surface area (Å²) in [4.78, 5) is 16.6. The van der Waals surface area contributed by atoms with Crippen LogP contribution >= 0.6 is 12.4 Å². The summed E-state index contributed by atoms with van der Waals surface area (Å²) in [6.07, 6.45) is 7.57. The van der Waals surface area contributed by atoms with Crippen LogP contribution in [0, 0.1) is 0 Å². The van der Waals surface area contributed by atoms with Gasteiger partial charge in [-0.15, -0.1) is 12.4 Å². The first-order chi connectivity index (χ1) is 13.8. The van der Waals surface area contributed by atoms with Gasteiger partial charge in [0.1, 0.15) is 12.4 Å². The van der Waals surface area contributed by atoms with Crippen LogP contribution in [0.15, 0.2) is 61.1 Å². The topological polar surface area (TPSA) is 81.1 Å². The van der Waals surface area contributed by atoms with Crippen molar-refractivity contribution in [1.29, 1.82) is 0 Å². The van der Waals surface area contributed by atoms with Crippen LogP contribution in [-0.2, 0) is 6.61 Å². The zero-order chi connectivity index (χ0) is 19.2. The highest BCUT2D eigenvalue weighted by Crippen LogP contribution is 2.20. The van der Waals surface area contributed by atoms with E-state index in [1.165, 1.54) is 0 Å². The van der Waals surface area contributed by atoms with E-state index in [9.17, 15) is 4.79 Å². The summed E-state index contributed by atoms with van der Waals surface area (Å²) in [5, 5.41) is 10.7. The second-order valence-electron chi connectivity index (χ2n) is 6.81. The van der Waals surface area contributed by atoms with E-state index in [4.69, 9.17) is 4.74 Å². The molecule has 0 saturated carbocycles. The van der Waals surface area contributed by atoms with E-state index in [2.05, 4.69) is 20.7 Å². The van der Waals surface area contributed by atoms with Crippen LogP contribution in [0.1, 0.15) is 34.9 Å². The number of benzene rings is 1. The van der Waals surface area contributed by atoms with Crippen LogP contribution in [-0.4, -0.2) is 33.8 Å². The maximum absolute atomic E-state index is 12.5. The highest BCUT2D eigenvalue weighted by Gasteiger charge is 2.17. The van der Waals surface area contributed by atoms with Crippen molar-refractivity contribution < 1.29 is 9.53 Å². The van der Waals surface area contributed by atoms with Crippen LogP contribution < -0.4 is 15.4 Å². The number of amides is 1. The van der Waals surface area contributed by atoms with Crippen LogP contribution in [0.5, 0.6) is 5.75 Å². The number of rotatable bonds is 6. The van der Waals surface area contributed by atoms with Gasteiger partial charge in [-0.05, 0) is 43.7 Å². The van der Waals surface area contributed by atoms with E-state index in [0.29, 0.717) is 29.8 Å². The summed E-state index contributed by atoms with van der Waals surface area (Å²) >= 11 is 0. The first-order valence-electron chi connectivity index (χ1n) is 9.47. The predicted molar refractivity (Wildman–Crippen MR) is 114 cm³/mol. The zero-order valence-corrected chi connectivity index (χ0v) is 16.8. The molecule has 1 unspecified atom stereocenters. The van der Waals surface area contributed by atoms with Crippen molar-refractivity contribution in [3.63, 3.8) is 0 Å². The van der Waals surface area contributed by atoms with E-state index in [1.807, 2.05) is 41.2 Å². The second-order valence-corrected chi connectivity index (χ2v) is 6.81. The Morgan fingerprint density at radius 1 is 1.28 bits per heavy atom. The second kappa shape index (κ2) is 10.0. The molecular formula is C21H24ClN5O2. The van der Waals surface area contributed by atoms with Gasteiger partial charge in [-0.25, -0.2) is 0 Å². The Balaban J connectivity index is 0.00000240. The van der Waals surface area contributed by atoms with Gasteiger partial charge in [-0.2, -0.15) is 5.10 Å². The van der Waals surface area contributed by atoms with Crippen LogP contribution in [0.2, 0.25) is 0 Å². The molecule has 29 heavy (non-hydrogen) atoms. The SMILES string of the molecule is Cl.O=C(Nc1cccc(OCc2cccnc2)c1)c1ccn(C2CCCNC2)n1. The lowest BCUT2D eigenvalue weighted by molar-refractivity contribution is 0.102. The summed E-state index contributed by atoms with van der Waals surface area (Å²) in [5.74, 6) is 0.451. The molecule has 0 radical (unpaired) electrons. The lowest BCUT2D eigenvalue weighted by Crippen LogP contribution is -2.32. The highest BCUT2D eigenvalue weighted by molar-refractivity contribution is 6.02. The minimum atomic E-state index is -0.230. The maximum Gasteiger partial charge on any atom is 0.276 e. The van der Waals surface area contributed by atoms with E-state index < -0.39 is 0 Å². The molecule has 1 amide bonds. The Bertz CT molecular complexity index is 926. The number of halogens is 1. The van der Waals surface area contributed by atoms with Gasteiger partial charge in [-0.1, -0.05) is 12.1 Å². The summed E-state index contributed by atoms with van der Waals surface area (Å²) in [7, 11) is 0. The van der Waals surface area contributed by atoms with Crippen LogP contribution in [0.25, 0.3) is 0 Å². The summed E-state index contributed by atoms with van der Waals surface area (Å²) in [6, 6.07) is 13.2. The Morgan fingerprint density at radius 3 is 3.00 bits per heavy atom. The van der Waals surface area contributed by atoms with Crippen molar-refractivity contribution in [3.8, 4) is 5.75 Å². The van der Waals surface area contributed by atoms with Crippen LogP contribution in [0.3, 0.4) is 0 Å². The molecular weight excluding hydrogens is 390 g/mol. The highest BCUT2D eigenvalue weighted by atomic mass is 35.5. The third-order valence-electron chi connectivity index (χ3n) is 4.71. The van der Waals surface area contributed by atoms with Crippen molar-refractivity contribution in [2.24, 2.45) is 0 Å². The van der Waals surface area contributed by atoms with Crippen LogP contribution in [0.4, 0.5) is 5.69 Å². The molecule has 1 fully saturated rings. The van der Waals surface area contributed by atoms with E-state index >= 15 is 0 Å². The standard InChI is InChI=1S/C21H23N5O2.ClH/c27-21(20-8-11-26(25-20)18-6-3-10-23-14-18)24-17-5-1-7-19(12-17)28-15-16-4-2-9-22-13-16;/h1-2,4-5,7-9,11-13,18,23H,3,6,10,14-15H2,(H,24,27);1H. The number of hydrogen-bond acceptors (Lipinski definition) is 5. The minimum absolute atomic E-state index is 0. The Hall–Kier alpha value is -2.90. The lowest BCUT2D eigenvalue weighted by atomic mass is 10.1. The van der Waals surface area contributed by atoms with Crippen molar-refractivity contribution in [3.05, 3.63) is 72.3 Å². The summed E-state index contributed by atoms with van der Waals surface area (Å²) in [5.41, 5.74) is 2.06. The number of carbonyl (C=O) groups excluding carboxylic acids is 1. The summed E-state index contributed by atoms with van der Waals surface area (Å²) in [6.45, 7) is 2.36. The molecule has 1 atom stereocenters. The molecule has 0 aliphatic carbocycles. The fourth-order valence-electron chi connectivity index (χ4n) is 3.23. The van der Waals surface area contributed by atoms with Gasteiger partial charge in [0.25, 0.3) is 5.91 Å². The first kappa shape index (κ1) is 20.8. The van der Waals surface area contributed by atoms with Gasteiger partial charge in [0, 0.05) is 42.5 Å². The monoisotopic (exact) mass is 413 g/mol. The van der Waals surface area contributed by atoms with Gasteiger partial charge >= 0.3 is 0 Å². The number of nitrogens with zero attached hydrogens (tertiary/aromatic N) is 3. The number of anilines is 1. The number of hydrogen-bond donors (Lipinski definition) is 2. The summed E-state index contributed by atoms with van der Waals surface area (Å²) < 4.78 is 7.67. The molecule has 1 aliphatic rings. The average molecular weight is 414 g/mol. The normalized spacial score (nSPS) is 15.9. The van der Waals surface area contributed by atoms with Gasteiger partial charge in [0.2, 0.25) is 0 Å². The van der Waals surface area contributed by atoms with E-state index in [1.54, 1.807) is 24.5 Å². The lowest BCUT2D eigenvalue weighted by Gasteiger charge is -2.22. The van der Waals surface area contributed by atoms with Crippen molar-refractivity contribution in [1.82, 2.24) is 20.1 Å². The van der Waals surface area contributed by atoms with Crippen molar-refractivity contribution in [2.75, 3.05) is 18.4 Å². The molecule has 152 valence electrons. The van der Waals surface area contributed by atoms with E-state index in [-0.39, 0.29) is 18.3 Å². The molecule has 4 rings (SSSR count). The zero-order valence-electron chi connectivity index (χ0n) is 16.0. The number of aromatic nitrogens is 3. The van der Waals surface area contributed by atoms with Crippen molar-refractivity contribution in [2.45, 2.75) is 25.5 Å². The maximum atomic E-state index is 12.5. The minimum Gasteiger partial charge on any atom is -0.489 e. The Labute approximate surface area is 175 Å². The molecule has 2 aromatic heterocycles. The molecule has 1 aliphatic heterocycles. The van der Waals surface area contributed by atoms with E-state index in [0.717, 1.165) is 31.5 Å². The third-order valence-corrected chi connectivity index (χ3v) is 4.71. The fourth-order valence-corrected chi connectivity index (χ4v) is 3.23. The number of piperidine rings is 1. The Kier molecular flexibility index (Phi) is 7.21. The Morgan fingerprint density at radius 2 is 2.21 bits per heavy atom. The van der Waals surface area contributed by atoms with Gasteiger partial charge < -0.3 is 15.4 Å². The molecule has 1 aromatic carbocycles. The van der Waals surface area contributed by atoms with Gasteiger partial charge in [-0.3, -0.25) is 14.5 Å². The molecule has 1 saturated heterocycles. The molecule has 0 bridgehead atoms. The molecule has 3 aromatic rings. The average Bonchev–Trinajstić information content (AvgIpc) is 3.25. The van der Waals surface area contributed by atoms with Gasteiger partial charge in [0.15, 0.2) is 5.69 Å². The molecule has 2 N–H and O–H groups in total. The first-order valence-corrected chi connectivity index (χ1v) is 9.47. The molecule has 8 heteroatoms. The predicted octanol–water partition coefficient (Wildman–Crippen LogP) is 3.46. The number of carbonyl (C=O) groups is 1. The number of pyridine rings is 1. The van der Waals surface area contributed by atoms with Gasteiger partial charge in [0.05, 0.1) is 6.04 Å². The number of nitrogens with one attached hydrogen (secondary N) is 2. The fraction of sp³-hybridized carbons (Fsp3) is 0.286. The smallest absolute Gasteiger partial charge is 0.276 e. The quantitative estimate of drug-likeness (QED) is 0.646. The largest absolute Gasteiger partial charge is 0.489 e. The van der Waals surface area contributed by atoms with Crippen molar-refractivity contribution >= 4 is 24.0 Å². The molecule has 7 nitrogen and oxygen atoms in total. The third kappa shape index (κ3) is 5.56. The number of ether oxygens (including phenoxy) is 1. The molecule has 3 heterocycles.